The van der Waals surface area contributed by atoms with Crippen molar-refractivity contribution >= 4 is 0 Å². The molecule has 0 bridgehead atoms. The number of nitrogens with zero attached hydrogens (tertiary/aromatic N) is 2. The lowest BCUT2D eigenvalue weighted by atomic mass is 9.83. The number of benzene rings is 2. The van der Waals surface area contributed by atoms with Crippen molar-refractivity contribution in [1.82, 2.24) is 9.88 Å². The molecule has 0 amide bonds. The molecule has 1 atom stereocenters. The van der Waals surface area contributed by atoms with E-state index in [4.69, 9.17) is 0 Å². The van der Waals surface area contributed by atoms with Crippen molar-refractivity contribution < 1.29 is 8.78 Å². The Morgan fingerprint density at radius 1 is 1.00 bits per heavy atom. The first-order valence-corrected chi connectivity index (χ1v) is 8.28. The third-order valence-corrected chi connectivity index (χ3v) is 4.79. The molecule has 0 saturated carbocycles. The van der Waals surface area contributed by atoms with Gasteiger partial charge < -0.3 is 4.90 Å². The topological polar surface area (TPSA) is 16.1 Å². The summed E-state index contributed by atoms with van der Waals surface area (Å²) in [5.41, 5.74) is 5.39. The SMILES string of the molecule is CN1Cc2cc(-c3cccnc3)ccc2[C@H](c2ccc(F)c(F)c2)C1. The van der Waals surface area contributed by atoms with Crippen LogP contribution in [-0.4, -0.2) is 23.5 Å². The van der Waals surface area contributed by atoms with Crippen LogP contribution in [0.15, 0.2) is 60.9 Å². The Balaban J connectivity index is 1.77. The van der Waals surface area contributed by atoms with E-state index in [1.807, 2.05) is 25.4 Å². The molecule has 1 aliphatic rings. The van der Waals surface area contributed by atoms with Crippen LogP contribution in [0.4, 0.5) is 8.78 Å². The summed E-state index contributed by atoms with van der Waals surface area (Å²) in [4.78, 5) is 6.39. The van der Waals surface area contributed by atoms with Gasteiger partial charge in [-0.1, -0.05) is 24.3 Å². The molecule has 0 spiro atoms. The predicted octanol–water partition coefficient (Wildman–Crippen LogP) is 4.60. The Morgan fingerprint density at radius 3 is 2.64 bits per heavy atom. The maximum atomic E-state index is 13.7. The van der Waals surface area contributed by atoms with Crippen LogP contribution in [0, 0.1) is 11.6 Å². The van der Waals surface area contributed by atoms with Gasteiger partial charge in [0.25, 0.3) is 0 Å². The fourth-order valence-corrected chi connectivity index (χ4v) is 3.58. The van der Waals surface area contributed by atoms with Gasteiger partial charge >= 0.3 is 0 Å². The molecule has 0 fully saturated rings. The molecule has 4 heteroatoms. The minimum absolute atomic E-state index is 0.0341. The molecule has 0 radical (unpaired) electrons. The van der Waals surface area contributed by atoms with E-state index in [1.165, 1.54) is 23.3 Å². The highest BCUT2D eigenvalue weighted by molar-refractivity contribution is 5.64. The summed E-state index contributed by atoms with van der Waals surface area (Å²) < 4.78 is 27.0. The van der Waals surface area contributed by atoms with Gasteiger partial charge in [-0.05, 0) is 59.1 Å². The van der Waals surface area contributed by atoms with Gasteiger partial charge in [0.2, 0.25) is 0 Å². The number of pyridine rings is 1. The lowest BCUT2D eigenvalue weighted by Gasteiger charge is -2.33. The lowest BCUT2D eigenvalue weighted by Crippen LogP contribution is -2.31. The van der Waals surface area contributed by atoms with E-state index < -0.39 is 11.6 Å². The molecule has 2 aromatic carbocycles. The van der Waals surface area contributed by atoms with E-state index in [0.29, 0.717) is 0 Å². The minimum Gasteiger partial charge on any atom is -0.301 e. The van der Waals surface area contributed by atoms with E-state index in [1.54, 1.807) is 12.3 Å². The normalized spacial score (nSPS) is 17.3. The van der Waals surface area contributed by atoms with Gasteiger partial charge in [-0.3, -0.25) is 4.98 Å². The van der Waals surface area contributed by atoms with Gasteiger partial charge in [-0.15, -0.1) is 0 Å². The summed E-state index contributed by atoms with van der Waals surface area (Å²) >= 11 is 0. The molecule has 0 aliphatic carbocycles. The number of hydrogen-bond acceptors (Lipinski definition) is 2. The van der Waals surface area contributed by atoms with E-state index in [-0.39, 0.29) is 5.92 Å². The fraction of sp³-hybridized carbons (Fsp3) is 0.190. The predicted molar refractivity (Wildman–Crippen MR) is 94.2 cm³/mol. The smallest absolute Gasteiger partial charge is 0.159 e. The van der Waals surface area contributed by atoms with Crippen LogP contribution in [0.25, 0.3) is 11.1 Å². The maximum absolute atomic E-state index is 13.7. The molecule has 126 valence electrons. The van der Waals surface area contributed by atoms with Crippen molar-refractivity contribution in [1.29, 1.82) is 0 Å². The number of halogens is 2. The van der Waals surface area contributed by atoms with Gasteiger partial charge in [-0.2, -0.15) is 0 Å². The van der Waals surface area contributed by atoms with Crippen molar-refractivity contribution in [2.75, 3.05) is 13.6 Å². The van der Waals surface area contributed by atoms with Crippen molar-refractivity contribution in [3.05, 3.63) is 89.2 Å². The summed E-state index contributed by atoms with van der Waals surface area (Å²) in [6.07, 6.45) is 3.61. The summed E-state index contributed by atoms with van der Waals surface area (Å²) in [5.74, 6) is -1.56. The van der Waals surface area contributed by atoms with Gasteiger partial charge in [0.05, 0.1) is 0 Å². The van der Waals surface area contributed by atoms with Gasteiger partial charge in [0.1, 0.15) is 0 Å². The Hall–Kier alpha value is -2.59. The maximum Gasteiger partial charge on any atom is 0.159 e. The van der Waals surface area contributed by atoms with Crippen molar-refractivity contribution in [2.45, 2.75) is 12.5 Å². The quantitative estimate of drug-likeness (QED) is 0.680. The molecule has 0 unspecified atom stereocenters. The molecule has 4 rings (SSSR count). The Labute approximate surface area is 145 Å². The highest BCUT2D eigenvalue weighted by Gasteiger charge is 2.25. The van der Waals surface area contributed by atoms with Gasteiger partial charge in [-0.25, -0.2) is 8.78 Å². The largest absolute Gasteiger partial charge is 0.301 e. The minimum atomic E-state index is -0.805. The second-order valence-corrected chi connectivity index (χ2v) is 6.58. The summed E-state index contributed by atoms with van der Waals surface area (Å²) in [5, 5.41) is 0. The van der Waals surface area contributed by atoms with Gasteiger partial charge in [0.15, 0.2) is 11.6 Å². The van der Waals surface area contributed by atoms with Crippen molar-refractivity contribution in [3.63, 3.8) is 0 Å². The molecule has 2 heterocycles. The highest BCUT2D eigenvalue weighted by atomic mass is 19.2. The second kappa shape index (κ2) is 6.37. The zero-order valence-electron chi connectivity index (χ0n) is 13.9. The van der Waals surface area contributed by atoms with Gasteiger partial charge in [0, 0.05) is 31.4 Å². The molecule has 0 saturated heterocycles. The average molecular weight is 336 g/mol. The zero-order valence-corrected chi connectivity index (χ0v) is 13.9. The van der Waals surface area contributed by atoms with Crippen molar-refractivity contribution in [2.24, 2.45) is 0 Å². The number of hydrogen-bond donors (Lipinski definition) is 0. The summed E-state index contributed by atoms with van der Waals surface area (Å²) in [7, 11) is 2.05. The lowest BCUT2D eigenvalue weighted by molar-refractivity contribution is 0.295. The van der Waals surface area contributed by atoms with Crippen LogP contribution in [0.1, 0.15) is 22.6 Å². The Bertz CT molecular complexity index is 909. The van der Waals surface area contributed by atoms with Crippen LogP contribution in [0.5, 0.6) is 0 Å². The molecule has 0 N–H and O–H groups in total. The van der Waals surface area contributed by atoms with Crippen LogP contribution in [0.2, 0.25) is 0 Å². The number of rotatable bonds is 2. The first-order valence-electron chi connectivity index (χ1n) is 8.28. The average Bonchev–Trinajstić information content (AvgIpc) is 2.63. The Morgan fingerprint density at radius 2 is 1.88 bits per heavy atom. The summed E-state index contributed by atoms with van der Waals surface area (Å²) in [6, 6.07) is 14.5. The standard InChI is InChI=1S/C21H18F2N2/c1-25-12-17-9-14(16-3-2-8-24-11-16)4-6-18(17)19(13-25)15-5-7-20(22)21(23)10-15/h2-11,19H,12-13H2,1H3/t19-/m0/s1. The zero-order chi connectivity index (χ0) is 17.4. The molecule has 2 nitrogen and oxygen atoms in total. The summed E-state index contributed by atoms with van der Waals surface area (Å²) in [6.45, 7) is 1.62. The number of fused-ring (bicyclic) bond motifs is 1. The second-order valence-electron chi connectivity index (χ2n) is 6.58. The molecule has 25 heavy (non-hydrogen) atoms. The van der Waals surface area contributed by atoms with Crippen LogP contribution in [0.3, 0.4) is 0 Å². The van der Waals surface area contributed by atoms with E-state index in [9.17, 15) is 8.78 Å². The third-order valence-electron chi connectivity index (χ3n) is 4.79. The van der Waals surface area contributed by atoms with Crippen LogP contribution < -0.4 is 0 Å². The first kappa shape index (κ1) is 15.9. The molecule has 1 aromatic heterocycles. The number of aromatic nitrogens is 1. The third kappa shape index (κ3) is 3.05. The number of likely N-dealkylation sites (N-methyl/N-ethyl adjacent to an activating group) is 1. The van der Waals surface area contributed by atoms with Crippen LogP contribution in [-0.2, 0) is 6.54 Å². The Kier molecular flexibility index (Phi) is 4.06. The van der Waals surface area contributed by atoms with E-state index in [0.717, 1.165) is 29.8 Å². The monoisotopic (exact) mass is 336 g/mol. The fourth-order valence-electron chi connectivity index (χ4n) is 3.58. The molecule has 3 aromatic rings. The molecule has 1 aliphatic heterocycles. The highest BCUT2D eigenvalue weighted by Crippen LogP contribution is 2.35. The molecular formula is C21H18F2N2. The molecular weight excluding hydrogens is 318 g/mol. The van der Waals surface area contributed by atoms with E-state index >= 15 is 0 Å². The van der Waals surface area contributed by atoms with Crippen LogP contribution >= 0.6 is 0 Å². The first-order chi connectivity index (χ1) is 12.1. The van der Waals surface area contributed by atoms with E-state index in [2.05, 4.69) is 28.1 Å². The van der Waals surface area contributed by atoms with Crippen molar-refractivity contribution in [3.8, 4) is 11.1 Å².